The molecule has 0 aromatic carbocycles. The molecular weight excluding hydrogens is 178 g/mol. The van der Waals surface area contributed by atoms with Crippen LogP contribution in [0.2, 0.25) is 0 Å². The molecule has 1 aliphatic carbocycles. The van der Waals surface area contributed by atoms with E-state index in [0.29, 0.717) is 6.04 Å². The Bertz CT molecular complexity index is 159. The van der Waals surface area contributed by atoms with Crippen molar-refractivity contribution in [1.29, 1.82) is 0 Å². The highest BCUT2D eigenvalue weighted by Gasteiger charge is 2.31. The van der Waals surface area contributed by atoms with Crippen molar-refractivity contribution < 1.29 is 9.84 Å². The zero-order valence-corrected chi connectivity index (χ0v) is 9.38. The van der Waals surface area contributed by atoms with Crippen LogP contribution in [0.3, 0.4) is 0 Å². The lowest BCUT2D eigenvalue weighted by molar-refractivity contribution is 0.151. The number of rotatable bonds is 8. The Morgan fingerprint density at radius 2 is 2.14 bits per heavy atom. The second-order valence-corrected chi connectivity index (χ2v) is 4.59. The molecule has 0 bridgehead atoms. The number of ether oxygens (including phenoxy) is 1. The van der Waals surface area contributed by atoms with Gasteiger partial charge < -0.3 is 15.2 Å². The molecule has 1 rings (SSSR count). The van der Waals surface area contributed by atoms with Crippen LogP contribution in [0, 0.1) is 0 Å². The Morgan fingerprint density at radius 3 is 2.64 bits per heavy atom. The van der Waals surface area contributed by atoms with Crippen molar-refractivity contribution in [2.24, 2.45) is 0 Å². The second kappa shape index (κ2) is 5.69. The van der Waals surface area contributed by atoms with Crippen molar-refractivity contribution in [3.63, 3.8) is 0 Å². The van der Waals surface area contributed by atoms with Crippen molar-refractivity contribution in [2.75, 3.05) is 20.3 Å². The highest BCUT2D eigenvalue weighted by molar-refractivity contribution is 4.92. The molecule has 3 nitrogen and oxygen atoms in total. The molecule has 1 unspecified atom stereocenters. The third kappa shape index (κ3) is 4.40. The molecule has 84 valence electrons. The summed E-state index contributed by atoms with van der Waals surface area (Å²) in [5.41, 5.74) is -0.0745. The van der Waals surface area contributed by atoms with Gasteiger partial charge in [0.2, 0.25) is 0 Å². The quantitative estimate of drug-likeness (QED) is 0.582. The topological polar surface area (TPSA) is 41.5 Å². The van der Waals surface area contributed by atoms with Gasteiger partial charge in [0.05, 0.1) is 6.61 Å². The normalized spacial score (nSPS) is 20.8. The average molecular weight is 201 g/mol. The first kappa shape index (κ1) is 12.0. The maximum absolute atomic E-state index is 9.32. The minimum atomic E-state index is -0.0745. The Kier molecular flexibility index (Phi) is 4.85. The van der Waals surface area contributed by atoms with E-state index in [1.54, 1.807) is 7.11 Å². The summed E-state index contributed by atoms with van der Waals surface area (Å²) in [6.45, 7) is 3.17. The highest BCUT2D eigenvalue weighted by atomic mass is 16.5. The Morgan fingerprint density at radius 1 is 1.43 bits per heavy atom. The fourth-order valence-electron chi connectivity index (χ4n) is 1.68. The molecular formula is C11H23NO2. The van der Waals surface area contributed by atoms with E-state index in [2.05, 4.69) is 12.2 Å². The fraction of sp³-hybridized carbons (Fsp3) is 1.00. The Hall–Kier alpha value is -0.120. The molecule has 0 amide bonds. The van der Waals surface area contributed by atoms with E-state index in [1.165, 1.54) is 12.8 Å². The predicted molar refractivity (Wildman–Crippen MR) is 57.4 cm³/mol. The summed E-state index contributed by atoms with van der Waals surface area (Å²) in [6, 6.07) is 0.662. The number of nitrogens with one attached hydrogen (secondary N) is 1. The molecule has 1 aliphatic rings. The zero-order chi connectivity index (χ0) is 10.4. The number of hydrogen-bond donors (Lipinski definition) is 2. The molecule has 1 fully saturated rings. The van der Waals surface area contributed by atoms with E-state index in [0.717, 1.165) is 25.9 Å². The third-order valence-electron chi connectivity index (χ3n) is 2.81. The van der Waals surface area contributed by atoms with Gasteiger partial charge in [0.15, 0.2) is 0 Å². The van der Waals surface area contributed by atoms with E-state index < -0.39 is 0 Å². The molecule has 0 spiro atoms. The van der Waals surface area contributed by atoms with E-state index >= 15 is 0 Å². The molecule has 1 saturated carbocycles. The largest absolute Gasteiger partial charge is 0.394 e. The van der Waals surface area contributed by atoms with Gasteiger partial charge in [0.1, 0.15) is 0 Å². The lowest BCUT2D eigenvalue weighted by atomic mass is 9.95. The van der Waals surface area contributed by atoms with Crippen molar-refractivity contribution >= 4 is 0 Å². The van der Waals surface area contributed by atoms with Gasteiger partial charge in [-0.2, -0.15) is 0 Å². The molecule has 1 atom stereocenters. The van der Waals surface area contributed by atoms with Crippen LogP contribution in [0.25, 0.3) is 0 Å². The molecule has 0 radical (unpaired) electrons. The van der Waals surface area contributed by atoms with Gasteiger partial charge >= 0.3 is 0 Å². The van der Waals surface area contributed by atoms with E-state index in [1.807, 2.05) is 0 Å². The standard InChI is InChI=1S/C11H23NO2/c1-11(9-13,12-10-5-6-10)7-3-4-8-14-2/h10,12-13H,3-9H2,1-2H3. The second-order valence-electron chi connectivity index (χ2n) is 4.59. The van der Waals surface area contributed by atoms with Gasteiger partial charge in [-0.25, -0.2) is 0 Å². The Balaban J connectivity index is 2.14. The number of aliphatic hydroxyl groups is 1. The van der Waals surface area contributed by atoms with E-state index in [-0.39, 0.29) is 12.1 Å². The number of methoxy groups -OCH3 is 1. The van der Waals surface area contributed by atoms with Crippen LogP contribution in [-0.4, -0.2) is 37.0 Å². The maximum atomic E-state index is 9.32. The van der Waals surface area contributed by atoms with Crippen LogP contribution >= 0.6 is 0 Å². The average Bonchev–Trinajstić information content (AvgIpc) is 2.96. The lowest BCUT2D eigenvalue weighted by Crippen LogP contribution is -2.46. The summed E-state index contributed by atoms with van der Waals surface area (Å²) in [5.74, 6) is 0. The summed E-state index contributed by atoms with van der Waals surface area (Å²) in [7, 11) is 1.73. The monoisotopic (exact) mass is 201 g/mol. The van der Waals surface area contributed by atoms with Crippen LogP contribution in [-0.2, 0) is 4.74 Å². The summed E-state index contributed by atoms with van der Waals surface area (Å²) >= 11 is 0. The van der Waals surface area contributed by atoms with Gasteiger partial charge in [-0.3, -0.25) is 0 Å². The van der Waals surface area contributed by atoms with Crippen molar-refractivity contribution in [1.82, 2.24) is 5.32 Å². The van der Waals surface area contributed by atoms with Crippen LogP contribution < -0.4 is 5.32 Å². The van der Waals surface area contributed by atoms with Crippen molar-refractivity contribution in [3.8, 4) is 0 Å². The third-order valence-corrected chi connectivity index (χ3v) is 2.81. The summed E-state index contributed by atoms with van der Waals surface area (Å²) < 4.78 is 5.00. The van der Waals surface area contributed by atoms with Crippen LogP contribution in [0.5, 0.6) is 0 Å². The fourth-order valence-corrected chi connectivity index (χ4v) is 1.68. The molecule has 3 heteroatoms. The minimum absolute atomic E-state index is 0.0745. The minimum Gasteiger partial charge on any atom is -0.394 e. The molecule has 0 saturated heterocycles. The molecule has 2 N–H and O–H groups in total. The maximum Gasteiger partial charge on any atom is 0.0610 e. The van der Waals surface area contributed by atoms with Gasteiger partial charge in [-0.15, -0.1) is 0 Å². The smallest absolute Gasteiger partial charge is 0.0610 e. The Labute approximate surface area is 86.8 Å². The van der Waals surface area contributed by atoms with Gasteiger partial charge in [-0.05, 0) is 39.0 Å². The van der Waals surface area contributed by atoms with Gasteiger partial charge in [-0.1, -0.05) is 0 Å². The predicted octanol–water partition coefficient (Wildman–Crippen LogP) is 1.31. The molecule has 0 aliphatic heterocycles. The summed E-state index contributed by atoms with van der Waals surface area (Å²) in [4.78, 5) is 0. The SMILES string of the molecule is COCCCCC(C)(CO)NC1CC1. The number of unbranched alkanes of at least 4 members (excludes halogenated alkanes) is 1. The van der Waals surface area contributed by atoms with E-state index in [4.69, 9.17) is 4.74 Å². The number of hydrogen-bond acceptors (Lipinski definition) is 3. The zero-order valence-electron chi connectivity index (χ0n) is 9.38. The summed E-state index contributed by atoms with van der Waals surface area (Å²) in [5, 5.41) is 12.8. The first-order chi connectivity index (χ1) is 6.70. The van der Waals surface area contributed by atoms with Crippen LogP contribution in [0.4, 0.5) is 0 Å². The van der Waals surface area contributed by atoms with Crippen LogP contribution in [0.1, 0.15) is 39.0 Å². The first-order valence-electron chi connectivity index (χ1n) is 5.58. The lowest BCUT2D eigenvalue weighted by Gasteiger charge is -2.29. The highest BCUT2D eigenvalue weighted by Crippen LogP contribution is 2.24. The molecule has 0 aromatic heterocycles. The first-order valence-corrected chi connectivity index (χ1v) is 5.58. The van der Waals surface area contributed by atoms with Crippen molar-refractivity contribution in [3.05, 3.63) is 0 Å². The van der Waals surface area contributed by atoms with Crippen molar-refractivity contribution in [2.45, 2.75) is 50.6 Å². The van der Waals surface area contributed by atoms with E-state index in [9.17, 15) is 5.11 Å². The molecule has 0 aromatic rings. The van der Waals surface area contributed by atoms with Crippen LogP contribution in [0.15, 0.2) is 0 Å². The number of aliphatic hydroxyl groups excluding tert-OH is 1. The molecule has 14 heavy (non-hydrogen) atoms. The van der Waals surface area contributed by atoms with Gasteiger partial charge in [0, 0.05) is 25.3 Å². The summed E-state index contributed by atoms with van der Waals surface area (Å²) in [6.07, 6.45) is 5.77. The molecule has 0 heterocycles. The van der Waals surface area contributed by atoms with Gasteiger partial charge in [0.25, 0.3) is 0 Å².